The van der Waals surface area contributed by atoms with Crippen molar-refractivity contribution in [2.24, 2.45) is 11.8 Å². The van der Waals surface area contributed by atoms with E-state index in [0.29, 0.717) is 39.0 Å². The lowest BCUT2D eigenvalue weighted by molar-refractivity contribution is -0.151. The van der Waals surface area contributed by atoms with Gasteiger partial charge in [-0.3, -0.25) is 14.4 Å². The molecule has 0 saturated carbocycles. The maximum Gasteiger partial charge on any atom is 0.249 e. The predicted octanol–water partition coefficient (Wildman–Crippen LogP) is 1.35. The topological polar surface area (TPSA) is 90.4 Å². The molecule has 0 radical (unpaired) electrons. The van der Waals surface area contributed by atoms with Gasteiger partial charge in [0.15, 0.2) is 0 Å². The Morgan fingerprint density at radius 3 is 2.48 bits per heavy atom. The van der Waals surface area contributed by atoms with E-state index in [9.17, 15) is 19.5 Å². The van der Waals surface area contributed by atoms with E-state index in [1.54, 1.807) is 14.7 Å². The number of aliphatic hydroxyl groups excluding tert-OH is 1. The molecule has 8 nitrogen and oxygen atoms in total. The number of amides is 3. The van der Waals surface area contributed by atoms with Crippen LogP contribution < -0.4 is 0 Å². The van der Waals surface area contributed by atoms with Crippen LogP contribution in [-0.2, 0) is 19.1 Å². The van der Waals surface area contributed by atoms with Crippen LogP contribution in [0.1, 0.15) is 47.0 Å². The van der Waals surface area contributed by atoms with Gasteiger partial charge in [-0.25, -0.2) is 0 Å². The molecule has 4 rings (SSSR count). The molecule has 0 aliphatic carbocycles. The van der Waals surface area contributed by atoms with E-state index in [4.69, 9.17) is 4.74 Å². The first-order chi connectivity index (χ1) is 15.7. The summed E-state index contributed by atoms with van der Waals surface area (Å²) in [5.74, 6) is -1.80. The van der Waals surface area contributed by atoms with Crippen LogP contribution in [0.3, 0.4) is 0 Å². The van der Waals surface area contributed by atoms with Crippen molar-refractivity contribution in [2.75, 3.05) is 32.8 Å². The Morgan fingerprint density at radius 2 is 1.82 bits per heavy atom. The van der Waals surface area contributed by atoms with Gasteiger partial charge in [0.25, 0.3) is 0 Å². The first-order valence-corrected chi connectivity index (χ1v) is 12.2. The second-order valence-corrected chi connectivity index (χ2v) is 10.5. The highest BCUT2D eigenvalue weighted by molar-refractivity contribution is 6.00. The number of unbranched alkanes of at least 4 members (excludes halogenated alkanes) is 1. The summed E-state index contributed by atoms with van der Waals surface area (Å²) in [7, 11) is 0. The Balaban J connectivity index is 1.79. The second kappa shape index (κ2) is 8.87. The molecule has 1 N–H and O–H groups in total. The second-order valence-electron chi connectivity index (χ2n) is 10.5. The molecule has 0 aromatic carbocycles. The Labute approximate surface area is 196 Å². The maximum absolute atomic E-state index is 14.0. The Morgan fingerprint density at radius 1 is 1.06 bits per heavy atom. The van der Waals surface area contributed by atoms with Crippen LogP contribution in [0.25, 0.3) is 0 Å². The fourth-order valence-corrected chi connectivity index (χ4v) is 5.90. The lowest BCUT2D eigenvalue weighted by atomic mass is 9.77. The summed E-state index contributed by atoms with van der Waals surface area (Å²) >= 11 is 0. The predicted molar refractivity (Wildman–Crippen MR) is 123 cm³/mol. The Kier molecular flexibility index (Phi) is 6.44. The lowest BCUT2D eigenvalue weighted by Crippen LogP contribution is -2.58. The number of aliphatic hydroxyl groups is 1. The fraction of sp³-hybridized carbons (Fsp3) is 0.720. The van der Waals surface area contributed by atoms with Crippen molar-refractivity contribution in [3.63, 3.8) is 0 Å². The molecule has 2 fully saturated rings. The molecular weight excluding hydrogens is 422 g/mol. The third-order valence-electron chi connectivity index (χ3n) is 7.35. The van der Waals surface area contributed by atoms with E-state index < -0.39 is 35.1 Å². The van der Waals surface area contributed by atoms with Gasteiger partial charge in [0.2, 0.25) is 17.7 Å². The Hall–Kier alpha value is -2.19. The van der Waals surface area contributed by atoms with Crippen molar-refractivity contribution >= 4 is 17.7 Å². The van der Waals surface area contributed by atoms with Gasteiger partial charge in [0.05, 0.1) is 17.9 Å². The van der Waals surface area contributed by atoms with Gasteiger partial charge in [0.1, 0.15) is 11.6 Å². The average Bonchev–Trinajstić information content (AvgIpc) is 3.05. The first-order valence-electron chi connectivity index (χ1n) is 12.2. The molecule has 4 aliphatic heterocycles. The molecule has 1 spiro atoms. The highest BCUT2D eigenvalue weighted by Gasteiger charge is 2.71. The number of hydrogen-bond donors (Lipinski definition) is 1. The summed E-state index contributed by atoms with van der Waals surface area (Å²) in [4.78, 5) is 46.7. The number of ether oxygens (including phenoxy) is 1. The van der Waals surface area contributed by atoms with Crippen molar-refractivity contribution < 1.29 is 24.2 Å². The number of hydrogen-bond acceptors (Lipinski definition) is 5. The van der Waals surface area contributed by atoms with E-state index in [1.807, 2.05) is 52.0 Å². The third-order valence-corrected chi connectivity index (χ3v) is 7.35. The van der Waals surface area contributed by atoms with Gasteiger partial charge >= 0.3 is 0 Å². The van der Waals surface area contributed by atoms with Crippen LogP contribution in [0.15, 0.2) is 24.3 Å². The minimum Gasteiger partial charge on any atom is -0.396 e. The summed E-state index contributed by atoms with van der Waals surface area (Å²) in [6, 6.07) is -0.820. The van der Waals surface area contributed by atoms with Crippen LogP contribution >= 0.6 is 0 Å². The number of carbonyl (C=O) groups is 3. The summed E-state index contributed by atoms with van der Waals surface area (Å²) < 4.78 is 6.60. The largest absolute Gasteiger partial charge is 0.396 e. The summed E-state index contributed by atoms with van der Waals surface area (Å²) in [5, 5.41) is 9.27. The van der Waals surface area contributed by atoms with Gasteiger partial charge in [-0.05, 0) is 40.0 Å². The number of nitrogens with zero attached hydrogens (tertiary/aromatic N) is 3. The van der Waals surface area contributed by atoms with E-state index in [2.05, 4.69) is 0 Å². The van der Waals surface area contributed by atoms with Gasteiger partial charge in [-0.2, -0.15) is 0 Å². The van der Waals surface area contributed by atoms with Gasteiger partial charge in [0, 0.05) is 38.3 Å². The summed E-state index contributed by atoms with van der Waals surface area (Å²) in [5.41, 5.74) is -1.60. The molecule has 4 heterocycles. The molecule has 1 unspecified atom stereocenters. The van der Waals surface area contributed by atoms with Gasteiger partial charge in [-0.15, -0.1) is 0 Å². The molecule has 0 aromatic rings. The third kappa shape index (κ3) is 3.81. The molecule has 2 saturated heterocycles. The van der Waals surface area contributed by atoms with Crippen LogP contribution in [0, 0.1) is 11.8 Å². The molecule has 4 aliphatic rings. The van der Waals surface area contributed by atoms with E-state index >= 15 is 0 Å². The molecule has 3 amide bonds. The van der Waals surface area contributed by atoms with Gasteiger partial charge in [-0.1, -0.05) is 31.2 Å². The zero-order valence-corrected chi connectivity index (χ0v) is 20.2. The van der Waals surface area contributed by atoms with Crippen LogP contribution in [0.4, 0.5) is 0 Å². The maximum atomic E-state index is 14.0. The molecule has 33 heavy (non-hydrogen) atoms. The van der Waals surface area contributed by atoms with Crippen LogP contribution in [0.2, 0.25) is 0 Å². The zero-order chi connectivity index (χ0) is 24.0. The first kappa shape index (κ1) is 24.0. The van der Waals surface area contributed by atoms with Crippen LogP contribution in [-0.4, -0.2) is 93.6 Å². The number of carbonyl (C=O) groups excluding carboxylic acids is 3. The molecule has 0 bridgehead atoms. The molecular formula is C25H37N3O5. The van der Waals surface area contributed by atoms with Crippen molar-refractivity contribution in [3.05, 3.63) is 24.3 Å². The lowest BCUT2D eigenvalue weighted by Gasteiger charge is -2.40. The summed E-state index contributed by atoms with van der Waals surface area (Å²) in [6.07, 6.45) is 9.07. The number of likely N-dealkylation sites (tertiary alicyclic amines) is 1. The molecule has 8 heteroatoms. The highest BCUT2D eigenvalue weighted by atomic mass is 16.5. The minimum absolute atomic E-state index is 0.0275. The smallest absolute Gasteiger partial charge is 0.249 e. The van der Waals surface area contributed by atoms with Crippen molar-refractivity contribution in [3.8, 4) is 0 Å². The van der Waals surface area contributed by atoms with Gasteiger partial charge < -0.3 is 24.5 Å². The van der Waals surface area contributed by atoms with Crippen molar-refractivity contribution in [1.29, 1.82) is 0 Å². The van der Waals surface area contributed by atoms with E-state index in [0.717, 1.165) is 6.42 Å². The Bertz CT molecular complexity index is 863. The minimum atomic E-state index is -1.17. The monoisotopic (exact) mass is 459 g/mol. The fourth-order valence-electron chi connectivity index (χ4n) is 5.90. The summed E-state index contributed by atoms with van der Waals surface area (Å²) in [6.45, 7) is 9.91. The molecule has 0 aromatic heterocycles. The number of rotatable bonds is 6. The van der Waals surface area contributed by atoms with Crippen molar-refractivity contribution in [2.45, 2.75) is 70.2 Å². The zero-order valence-electron chi connectivity index (χ0n) is 20.2. The van der Waals surface area contributed by atoms with Crippen molar-refractivity contribution in [1.82, 2.24) is 14.7 Å². The highest BCUT2D eigenvalue weighted by Crippen LogP contribution is 2.53. The average molecular weight is 460 g/mol. The normalized spacial score (nSPS) is 33.8. The quantitative estimate of drug-likeness (QED) is 0.478. The van der Waals surface area contributed by atoms with Crippen LogP contribution in [0.5, 0.6) is 0 Å². The molecule has 5 atom stereocenters. The SMILES string of the molecule is CCCN1CC=C[C@@H]2O[C@]34C=CCN(C(C)(C)C)C(=O)C3N(CCCCO)C(=O)[C@@H]4[C@@H]2C1=O. The van der Waals surface area contributed by atoms with E-state index in [-0.39, 0.29) is 24.3 Å². The van der Waals surface area contributed by atoms with E-state index in [1.165, 1.54) is 0 Å². The standard InChI is InChI=1S/C25H37N3O5/c1-5-12-26-13-8-10-17-18(21(26)30)19-22(31)27(14-6-7-16-29)20-23(32)28(24(2,3)4)15-9-11-25(19,20)33-17/h8-11,17-20,29H,5-7,12-16H2,1-4H3/t17-,18+,19-,20?,25-/m0/s1. The number of fused-ring (bicyclic) bond motifs is 2. The molecule has 182 valence electrons.